The number of ether oxygens (including phenoxy) is 1. The number of fused-ring (bicyclic) bond motifs is 3. The van der Waals surface area contributed by atoms with Crippen LogP contribution in [0.15, 0.2) is 89.8 Å². The minimum absolute atomic E-state index is 0.255. The number of rotatable bonds is 11. The van der Waals surface area contributed by atoms with Crippen LogP contribution in [0, 0.1) is 11.7 Å². The summed E-state index contributed by atoms with van der Waals surface area (Å²) in [6.07, 6.45) is 15.6. The van der Waals surface area contributed by atoms with E-state index in [1.807, 2.05) is 20.2 Å². The zero-order valence-corrected chi connectivity index (χ0v) is 28.7. The first-order chi connectivity index (χ1) is 23.9. The van der Waals surface area contributed by atoms with Gasteiger partial charge in [-0.1, -0.05) is 35.4 Å². The van der Waals surface area contributed by atoms with Gasteiger partial charge in [-0.3, -0.25) is 10.00 Å². The van der Waals surface area contributed by atoms with E-state index >= 15 is 0 Å². The Kier molecular flexibility index (Phi) is 8.60. The Morgan fingerprint density at radius 3 is 2.78 bits per heavy atom. The van der Waals surface area contributed by atoms with Gasteiger partial charge in [0, 0.05) is 54.3 Å². The summed E-state index contributed by atoms with van der Waals surface area (Å²) in [5.41, 5.74) is 12.6. The maximum absolute atomic E-state index is 15.0. The number of nitrogens with zero attached hydrogens (tertiary/aromatic N) is 3. The molecule has 3 heterocycles. The van der Waals surface area contributed by atoms with Crippen molar-refractivity contribution in [3.63, 3.8) is 0 Å². The molecule has 49 heavy (non-hydrogen) atoms. The molecule has 8 rings (SSSR count). The zero-order valence-electron chi connectivity index (χ0n) is 28.7. The van der Waals surface area contributed by atoms with E-state index in [2.05, 4.69) is 86.8 Å². The summed E-state index contributed by atoms with van der Waals surface area (Å²) < 4.78 is 21.3. The number of aromatic nitrogens is 3. The van der Waals surface area contributed by atoms with Crippen molar-refractivity contribution in [3.05, 3.63) is 118 Å². The van der Waals surface area contributed by atoms with Gasteiger partial charge >= 0.3 is 0 Å². The molecule has 2 aromatic heterocycles. The molecule has 1 unspecified atom stereocenters. The van der Waals surface area contributed by atoms with Gasteiger partial charge in [0.2, 0.25) is 0 Å². The summed E-state index contributed by atoms with van der Waals surface area (Å²) in [6.45, 7) is 7.79. The average Bonchev–Trinajstić information content (AvgIpc) is 3.35. The second kappa shape index (κ2) is 13.3. The maximum atomic E-state index is 15.0. The van der Waals surface area contributed by atoms with Crippen molar-refractivity contribution in [1.29, 1.82) is 0 Å². The van der Waals surface area contributed by atoms with Crippen molar-refractivity contribution >= 4 is 27.7 Å². The number of likely N-dealkylation sites (tertiary alicyclic amines) is 1. The lowest BCUT2D eigenvalue weighted by molar-refractivity contribution is 0.180. The molecule has 2 aromatic carbocycles. The fraction of sp³-hybridized carbons (Fsp3) is 0.341. The van der Waals surface area contributed by atoms with E-state index in [9.17, 15) is 4.39 Å². The number of allylic oxidation sites excluding steroid dienone is 8. The second-order valence-electron chi connectivity index (χ2n) is 14.2. The van der Waals surface area contributed by atoms with Crippen molar-refractivity contribution < 1.29 is 9.13 Å². The van der Waals surface area contributed by atoms with E-state index in [4.69, 9.17) is 9.84 Å². The van der Waals surface area contributed by atoms with Crippen molar-refractivity contribution in [2.45, 2.75) is 32.6 Å². The topological polar surface area (TPSA) is 72.2 Å². The predicted molar refractivity (Wildman–Crippen MR) is 198 cm³/mol. The van der Waals surface area contributed by atoms with Gasteiger partial charge < -0.3 is 19.9 Å². The quantitative estimate of drug-likeness (QED) is 0.153. The van der Waals surface area contributed by atoms with Crippen LogP contribution in [0.2, 0.25) is 0 Å². The van der Waals surface area contributed by atoms with E-state index < -0.39 is 0 Å². The van der Waals surface area contributed by atoms with Gasteiger partial charge in [-0.15, -0.1) is 0 Å². The molecule has 1 saturated carbocycles. The standard InChI is InChI=1S/C41H45FN6O/c1-26-6-8-35(31-19-32(42)24-33(20-31)43-10-13-47(2)3)36-25-40(44-39(36)16-26)41-37-23-27(7-9-38(37)45-46-41)29-17-28-18-30(28)22-34(21-29)49-15-14-48-11-4-5-12-48/h6-9,17,19-25,28,43-44H,4-5,10-16,18H2,1-3H3,(H,45,46). The Bertz CT molecular complexity index is 2050. The summed E-state index contributed by atoms with van der Waals surface area (Å²) in [4.78, 5) is 8.31. The van der Waals surface area contributed by atoms with Gasteiger partial charge in [0.25, 0.3) is 0 Å². The first-order valence-corrected chi connectivity index (χ1v) is 17.6. The Morgan fingerprint density at radius 1 is 1.04 bits per heavy atom. The Labute approximate surface area is 287 Å². The average molecular weight is 657 g/mol. The van der Waals surface area contributed by atoms with E-state index in [1.54, 1.807) is 12.1 Å². The summed E-state index contributed by atoms with van der Waals surface area (Å²) in [5, 5.41) is 12.5. The molecule has 3 N–H and O–H groups in total. The summed E-state index contributed by atoms with van der Waals surface area (Å²) >= 11 is 0. The molecule has 8 heteroatoms. The summed E-state index contributed by atoms with van der Waals surface area (Å²) in [7, 11) is 4.07. The molecule has 1 saturated heterocycles. The highest BCUT2D eigenvalue weighted by Gasteiger charge is 2.30. The largest absolute Gasteiger partial charge is 0.492 e. The lowest BCUT2D eigenvalue weighted by atomic mass is 9.96. The molecule has 4 aromatic rings. The minimum Gasteiger partial charge on any atom is -0.492 e. The second-order valence-corrected chi connectivity index (χ2v) is 14.2. The van der Waals surface area contributed by atoms with Crippen LogP contribution in [0.1, 0.15) is 48.6 Å². The summed E-state index contributed by atoms with van der Waals surface area (Å²) in [6, 6.07) is 14.0. The lowest BCUT2D eigenvalue weighted by Crippen LogP contribution is -2.23. The van der Waals surface area contributed by atoms with E-state index in [-0.39, 0.29) is 5.82 Å². The lowest BCUT2D eigenvalue weighted by Gasteiger charge is -2.15. The van der Waals surface area contributed by atoms with Crippen LogP contribution in [0.25, 0.3) is 33.4 Å². The summed E-state index contributed by atoms with van der Waals surface area (Å²) in [5.74, 6) is 1.18. The van der Waals surface area contributed by atoms with E-state index in [0.717, 1.165) is 94.2 Å². The van der Waals surface area contributed by atoms with Crippen LogP contribution in [0.3, 0.4) is 0 Å². The van der Waals surface area contributed by atoms with Crippen molar-refractivity contribution in [2.24, 2.45) is 5.92 Å². The van der Waals surface area contributed by atoms with Crippen LogP contribution in [-0.2, 0) is 11.2 Å². The fourth-order valence-corrected chi connectivity index (χ4v) is 7.31. The van der Waals surface area contributed by atoms with Gasteiger partial charge in [0.05, 0.1) is 11.2 Å². The normalized spacial score (nSPS) is 19.0. The third-order valence-corrected chi connectivity index (χ3v) is 10.1. The van der Waals surface area contributed by atoms with Crippen molar-refractivity contribution in [3.8, 4) is 11.4 Å². The number of nitrogens with one attached hydrogen (secondary N) is 3. The number of H-pyrrole nitrogens is 2. The van der Waals surface area contributed by atoms with E-state index in [0.29, 0.717) is 12.5 Å². The number of likely N-dealkylation sites (N-methyl/N-ethyl adjacent to an activating group) is 1. The Hall–Kier alpha value is -4.66. The van der Waals surface area contributed by atoms with Crippen molar-refractivity contribution in [1.82, 2.24) is 25.0 Å². The van der Waals surface area contributed by atoms with Crippen LogP contribution >= 0.6 is 0 Å². The highest BCUT2D eigenvalue weighted by atomic mass is 19.1. The van der Waals surface area contributed by atoms with Crippen molar-refractivity contribution in [2.75, 3.05) is 58.7 Å². The van der Waals surface area contributed by atoms with Gasteiger partial charge in [0.1, 0.15) is 23.9 Å². The first-order valence-electron chi connectivity index (χ1n) is 17.6. The molecule has 4 aliphatic rings. The molecule has 1 atom stereocenters. The Morgan fingerprint density at radius 2 is 1.92 bits per heavy atom. The monoisotopic (exact) mass is 656 g/mol. The molecule has 0 spiro atoms. The third kappa shape index (κ3) is 6.94. The minimum atomic E-state index is -0.255. The van der Waals surface area contributed by atoms with Gasteiger partial charge in [-0.05, 0) is 124 Å². The number of aromatic amines is 2. The molecular weight excluding hydrogens is 611 g/mol. The molecule has 7 nitrogen and oxygen atoms in total. The molecule has 252 valence electrons. The molecule has 0 amide bonds. The van der Waals surface area contributed by atoms with Gasteiger partial charge in [-0.25, -0.2) is 4.39 Å². The predicted octanol–water partition coefficient (Wildman–Crippen LogP) is 7.94. The SMILES string of the molecule is CC1=CC=C(c2cc(F)cc(NCCN(C)C)c2)c2cc(-c3n[nH]c4ccc(C5=CC6CC6=CC(OCCN6CCCC6)=C5)cc34)[nH]c2C1. The first kappa shape index (κ1) is 31.6. The number of benzene rings is 2. The highest BCUT2D eigenvalue weighted by Crippen LogP contribution is 2.44. The molecule has 1 aliphatic heterocycles. The highest BCUT2D eigenvalue weighted by molar-refractivity contribution is 5.96. The molecule has 0 bridgehead atoms. The number of hydrogen-bond donors (Lipinski definition) is 3. The zero-order chi connectivity index (χ0) is 33.5. The van der Waals surface area contributed by atoms with Gasteiger partial charge in [0.15, 0.2) is 0 Å². The number of halogens is 1. The van der Waals surface area contributed by atoms with Crippen LogP contribution in [0.4, 0.5) is 10.1 Å². The maximum Gasteiger partial charge on any atom is 0.125 e. The fourth-order valence-electron chi connectivity index (χ4n) is 7.31. The Balaban J connectivity index is 1.09. The number of hydrogen-bond acceptors (Lipinski definition) is 5. The molecular formula is C41H45FN6O. The van der Waals surface area contributed by atoms with Crippen LogP contribution in [0.5, 0.6) is 0 Å². The smallest absolute Gasteiger partial charge is 0.125 e. The van der Waals surface area contributed by atoms with E-state index in [1.165, 1.54) is 42.7 Å². The molecule has 2 fully saturated rings. The molecule has 0 radical (unpaired) electrons. The van der Waals surface area contributed by atoms with Crippen LogP contribution in [-0.4, -0.2) is 78.4 Å². The van der Waals surface area contributed by atoms with Crippen LogP contribution < -0.4 is 5.32 Å². The third-order valence-electron chi connectivity index (χ3n) is 10.1. The number of anilines is 1. The molecule has 3 aliphatic carbocycles. The van der Waals surface area contributed by atoms with Gasteiger partial charge in [-0.2, -0.15) is 5.10 Å².